The van der Waals surface area contributed by atoms with Crippen LogP contribution in [0.25, 0.3) is 0 Å². The van der Waals surface area contributed by atoms with Gasteiger partial charge in [-0.2, -0.15) is 0 Å². The molecule has 3 rings (SSSR count). The van der Waals surface area contributed by atoms with Gasteiger partial charge in [0.05, 0.1) is 14.2 Å². The minimum absolute atomic E-state index is 0.214. The quantitative estimate of drug-likeness (QED) is 0.447. The van der Waals surface area contributed by atoms with Gasteiger partial charge in [0.2, 0.25) is 0 Å². The van der Waals surface area contributed by atoms with Gasteiger partial charge in [0.25, 0.3) is 0 Å². The van der Waals surface area contributed by atoms with Gasteiger partial charge < -0.3 is 24.4 Å². The largest absolute Gasteiger partial charge is 0.496 e. The van der Waals surface area contributed by atoms with Gasteiger partial charge in [-0.15, -0.1) is 0 Å². The zero-order valence-electron chi connectivity index (χ0n) is 17.8. The number of likely N-dealkylation sites (tertiary alicyclic amines) is 1. The van der Waals surface area contributed by atoms with Crippen LogP contribution in [0.1, 0.15) is 28.8 Å². The van der Waals surface area contributed by atoms with Gasteiger partial charge in [-0.25, -0.2) is 4.79 Å². The lowest BCUT2D eigenvalue weighted by molar-refractivity contribution is 0.0597. The number of para-hydroxylation sites is 1. The van der Waals surface area contributed by atoms with Gasteiger partial charge in [0, 0.05) is 39.5 Å². The van der Waals surface area contributed by atoms with Gasteiger partial charge in [0.1, 0.15) is 23.2 Å². The van der Waals surface area contributed by atoms with Crippen LogP contribution >= 0.6 is 0 Å². The molecule has 1 aliphatic rings. The fourth-order valence-corrected chi connectivity index (χ4v) is 3.52. The van der Waals surface area contributed by atoms with Crippen molar-refractivity contribution in [1.29, 1.82) is 0 Å². The Hall–Kier alpha value is -3.22. The number of nitrogens with one attached hydrogen (secondary N) is 1. The van der Waals surface area contributed by atoms with Gasteiger partial charge in [0.15, 0.2) is 5.96 Å². The number of carbonyl (C=O) groups excluding carboxylic acids is 1. The number of carbonyl (C=O) groups is 1. The van der Waals surface area contributed by atoms with Crippen molar-refractivity contribution < 1.29 is 19.0 Å². The molecule has 0 aliphatic carbocycles. The molecule has 0 spiro atoms. The number of rotatable bonds is 6. The van der Waals surface area contributed by atoms with Crippen LogP contribution in [0.2, 0.25) is 0 Å². The molecule has 30 heavy (non-hydrogen) atoms. The summed E-state index contributed by atoms with van der Waals surface area (Å²) in [6.45, 7) is 2.28. The Labute approximate surface area is 177 Å². The Morgan fingerprint density at radius 1 is 1.13 bits per heavy atom. The van der Waals surface area contributed by atoms with E-state index in [1.165, 1.54) is 14.2 Å². The fraction of sp³-hybridized carbons (Fsp3) is 0.391. The van der Waals surface area contributed by atoms with E-state index in [2.05, 4.69) is 15.2 Å². The van der Waals surface area contributed by atoms with Crippen LogP contribution in [0, 0.1) is 0 Å². The fourth-order valence-electron chi connectivity index (χ4n) is 3.52. The summed E-state index contributed by atoms with van der Waals surface area (Å²) in [7, 11) is 4.68. The summed E-state index contributed by atoms with van der Waals surface area (Å²) in [6, 6.07) is 15.4. The molecule has 0 unspecified atom stereocenters. The number of ether oxygens (including phenoxy) is 3. The lowest BCUT2D eigenvalue weighted by Crippen LogP contribution is -2.47. The topological polar surface area (TPSA) is 72.4 Å². The average molecular weight is 412 g/mol. The molecule has 2 aromatic carbocycles. The Balaban J connectivity index is 1.55. The monoisotopic (exact) mass is 411 g/mol. The number of nitrogens with zero attached hydrogens (tertiary/aromatic N) is 2. The molecule has 0 bridgehead atoms. The second kappa shape index (κ2) is 10.5. The Morgan fingerprint density at radius 2 is 1.87 bits per heavy atom. The molecule has 0 amide bonds. The summed E-state index contributed by atoms with van der Waals surface area (Å²) in [5.41, 5.74) is 1.35. The molecule has 0 aromatic heterocycles. The molecular weight excluding hydrogens is 382 g/mol. The van der Waals surface area contributed by atoms with Crippen LogP contribution in [-0.4, -0.2) is 57.3 Å². The van der Waals surface area contributed by atoms with E-state index in [1.54, 1.807) is 19.2 Å². The summed E-state index contributed by atoms with van der Waals surface area (Å²) < 4.78 is 16.2. The minimum atomic E-state index is -0.418. The number of hydrogen-bond donors (Lipinski definition) is 1. The minimum Gasteiger partial charge on any atom is -0.496 e. The van der Waals surface area contributed by atoms with Crippen molar-refractivity contribution in [1.82, 2.24) is 10.2 Å². The highest BCUT2D eigenvalue weighted by Crippen LogP contribution is 2.21. The molecule has 0 radical (unpaired) electrons. The number of benzene rings is 2. The maximum Gasteiger partial charge on any atom is 0.341 e. The second-order valence-electron chi connectivity index (χ2n) is 7.04. The first-order valence-electron chi connectivity index (χ1n) is 10.1. The molecule has 160 valence electrons. The number of piperidine rings is 1. The number of guanidine groups is 1. The normalized spacial score (nSPS) is 14.9. The highest BCUT2D eigenvalue weighted by Gasteiger charge is 2.23. The molecule has 1 saturated heterocycles. The summed E-state index contributed by atoms with van der Waals surface area (Å²) in [6.07, 6.45) is 2.08. The van der Waals surface area contributed by atoms with Gasteiger partial charge in [-0.1, -0.05) is 24.3 Å². The smallest absolute Gasteiger partial charge is 0.341 e. The standard InChI is InChI=1S/C23H29N3O4/c1-24-23(25-16-17-9-10-21(28-2)20(15-17)22(27)29-3)26-13-11-19(12-14-26)30-18-7-5-4-6-8-18/h4-10,15,19H,11-14,16H2,1-3H3,(H,24,25). The zero-order chi connectivity index (χ0) is 21.3. The Morgan fingerprint density at radius 3 is 2.50 bits per heavy atom. The lowest BCUT2D eigenvalue weighted by Gasteiger charge is -2.34. The van der Waals surface area contributed by atoms with Crippen molar-refractivity contribution in [3.8, 4) is 11.5 Å². The van der Waals surface area contributed by atoms with Crippen molar-refractivity contribution in [2.75, 3.05) is 34.4 Å². The first-order valence-corrected chi connectivity index (χ1v) is 10.1. The Kier molecular flexibility index (Phi) is 7.54. The maximum absolute atomic E-state index is 12.0. The van der Waals surface area contributed by atoms with Crippen LogP contribution in [-0.2, 0) is 11.3 Å². The van der Waals surface area contributed by atoms with Gasteiger partial charge in [-0.3, -0.25) is 4.99 Å². The second-order valence-corrected chi connectivity index (χ2v) is 7.04. The third-order valence-corrected chi connectivity index (χ3v) is 5.12. The van der Waals surface area contributed by atoms with E-state index in [4.69, 9.17) is 14.2 Å². The van der Waals surface area contributed by atoms with Gasteiger partial charge in [-0.05, 0) is 29.8 Å². The zero-order valence-corrected chi connectivity index (χ0v) is 17.8. The van der Waals surface area contributed by atoms with Crippen LogP contribution in [0.4, 0.5) is 0 Å². The summed E-state index contributed by atoms with van der Waals surface area (Å²) in [5.74, 6) is 1.83. The first kappa shape index (κ1) is 21.5. The van der Waals surface area contributed by atoms with E-state index in [0.717, 1.165) is 43.2 Å². The van der Waals surface area contributed by atoms with Crippen LogP contribution < -0.4 is 14.8 Å². The summed E-state index contributed by atoms with van der Waals surface area (Å²) in [5, 5.41) is 3.38. The van der Waals surface area contributed by atoms with E-state index in [1.807, 2.05) is 36.4 Å². The molecule has 2 aromatic rings. The maximum atomic E-state index is 12.0. The summed E-state index contributed by atoms with van der Waals surface area (Å²) in [4.78, 5) is 18.6. The van der Waals surface area contributed by atoms with Crippen LogP contribution in [0.15, 0.2) is 53.5 Å². The van der Waals surface area contributed by atoms with Crippen molar-refractivity contribution in [3.05, 3.63) is 59.7 Å². The molecule has 0 atom stereocenters. The SMILES string of the molecule is CN=C(NCc1ccc(OC)c(C(=O)OC)c1)N1CCC(Oc2ccccc2)CC1. The highest BCUT2D eigenvalue weighted by molar-refractivity contribution is 5.92. The molecule has 7 heteroatoms. The van der Waals surface area contributed by atoms with E-state index < -0.39 is 5.97 Å². The van der Waals surface area contributed by atoms with E-state index >= 15 is 0 Å². The molecule has 1 aliphatic heterocycles. The highest BCUT2D eigenvalue weighted by atomic mass is 16.5. The third-order valence-electron chi connectivity index (χ3n) is 5.12. The van der Waals surface area contributed by atoms with E-state index in [9.17, 15) is 4.79 Å². The van der Waals surface area contributed by atoms with Crippen LogP contribution in [0.3, 0.4) is 0 Å². The Bertz CT molecular complexity index is 862. The third kappa shape index (κ3) is 5.43. The van der Waals surface area contributed by atoms with E-state index in [0.29, 0.717) is 17.9 Å². The number of esters is 1. The van der Waals surface area contributed by atoms with Crippen molar-refractivity contribution in [2.45, 2.75) is 25.5 Å². The van der Waals surface area contributed by atoms with Gasteiger partial charge >= 0.3 is 5.97 Å². The number of hydrogen-bond acceptors (Lipinski definition) is 5. The molecule has 0 saturated carbocycles. The molecule has 1 N–H and O–H groups in total. The summed E-state index contributed by atoms with van der Waals surface area (Å²) >= 11 is 0. The predicted octanol–water partition coefficient (Wildman–Crippen LogP) is 3.10. The molecule has 1 fully saturated rings. The van der Waals surface area contributed by atoms with Crippen molar-refractivity contribution in [3.63, 3.8) is 0 Å². The molecule has 7 nitrogen and oxygen atoms in total. The number of methoxy groups -OCH3 is 2. The lowest BCUT2D eigenvalue weighted by atomic mass is 10.1. The first-order chi connectivity index (χ1) is 14.6. The number of aliphatic imine (C=N–C) groups is 1. The predicted molar refractivity (Wildman–Crippen MR) is 116 cm³/mol. The van der Waals surface area contributed by atoms with Crippen molar-refractivity contribution in [2.24, 2.45) is 4.99 Å². The van der Waals surface area contributed by atoms with Crippen molar-refractivity contribution >= 4 is 11.9 Å². The van der Waals surface area contributed by atoms with Crippen LogP contribution in [0.5, 0.6) is 11.5 Å². The molecular formula is C23H29N3O4. The molecule has 1 heterocycles. The van der Waals surface area contributed by atoms with E-state index in [-0.39, 0.29) is 6.10 Å². The average Bonchev–Trinajstić information content (AvgIpc) is 2.80.